The van der Waals surface area contributed by atoms with Gasteiger partial charge in [-0.3, -0.25) is 4.79 Å². The van der Waals surface area contributed by atoms with E-state index >= 15 is 0 Å². The standard InChI is InChI=1S/C33H38N2O6/c1-39-29-10-5-9-25(21-29)30-33(22-23-7-3-2-4-8-23,32(38)34-26-13-15-27(37)16-14-26)35-31(41-30)24-11-17-28(18-12-24)40-20-6-19-36/h2-5,7-12,17-18,21,26-27,30,36-37H,6,13-16,19-20,22H2,1H3,(H,34,38)/t26?,27?,30-,33-/m1/s1. The van der Waals surface area contributed by atoms with Crippen molar-refractivity contribution in [3.63, 3.8) is 0 Å². The normalized spacial score (nSPS) is 23.8. The van der Waals surface area contributed by atoms with E-state index in [0.29, 0.717) is 62.5 Å². The molecule has 5 rings (SSSR count). The number of hydrogen-bond donors (Lipinski definition) is 3. The molecule has 8 nitrogen and oxygen atoms in total. The minimum atomic E-state index is -1.28. The average Bonchev–Trinajstić information content (AvgIpc) is 3.40. The number of carbonyl (C=O) groups excluding carboxylic acids is 1. The number of aliphatic imine (C=N–C) groups is 1. The Morgan fingerprint density at radius 3 is 2.46 bits per heavy atom. The van der Waals surface area contributed by atoms with E-state index in [0.717, 1.165) is 16.7 Å². The molecule has 216 valence electrons. The Labute approximate surface area is 241 Å². The second kappa shape index (κ2) is 13.2. The third-order valence-corrected chi connectivity index (χ3v) is 7.77. The molecule has 1 saturated carbocycles. The van der Waals surface area contributed by atoms with Crippen molar-refractivity contribution < 1.29 is 29.2 Å². The summed E-state index contributed by atoms with van der Waals surface area (Å²) in [5.41, 5.74) is 1.21. The van der Waals surface area contributed by atoms with Crippen LogP contribution in [-0.4, -0.2) is 60.0 Å². The number of hydrogen-bond acceptors (Lipinski definition) is 7. The van der Waals surface area contributed by atoms with Crippen molar-refractivity contribution in [2.24, 2.45) is 4.99 Å². The first-order chi connectivity index (χ1) is 20.0. The van der Waals surface area contributed by atoms with E-state index in [1.54, 1.807) is 7.11 Å². The van der Waals surface area contributed by atoms with Crippen LogP contribution in [-0.2, 0) is 16.0 Å². The summed E-state index contributed by atoms with van der Waals surface area (Å²) < 4.78 is 17.8. The second-order valence-corrected chi connectivity index (χ2v) is 10.7. The van der Waals surface area contributed by atoms with Crippen LogP contribution in [0, 0.1) is 0 Å². The maximum absolute atomic E-state index is 14.4. The topological polar surface area (TPSA) is 110 Å². The molecule has 0 saturated heterocycles. The van der Waals surface area contributed by atoms with Gasteiger partial charge in [0.2, 0.25) is 5.90 Å². The number of carbonyl (C=O) groups is 1. The highest BCUT2D eigenvalue weighted by atomic mass is 16.5. The molecule has 1 aliphatic heterocycles. The molecule has 2 atom stereocenters. The van der Waals surface area contributed by atoms with Crippen molar-refractivity contribution in [1.82, 2.24) is 5.32 Å². The quantitative estimate of drug-likeness (QED) is 0.302. The molecule has 8 heteroatoms. The first-order valence-electron chi connectivity index (χ1n) is 14.3. The Morgan fingerprint density at radius 2 is 1.76 bits per heavy atom. The molecule has 0 spiro atoms. The molecule has 1 fully saturated rings. The summed E-state index contributed by atoms with van der Waals surface area (Å²) in [5, 5.41) is 22.3. The Kier molecular flexibility index (Phi) is 9.21. The van der Waals surface area contributed by atoms with E-state index in [9.17, 15) is 9.90 Å². The minimum Gasteiger partial charge on any atom is -0.497 e. The fraction of sp³-hybridized carbons (Fsp3) is 0.394. The number of benzene rings is 3. The fourth-order valence-electron chi connectivity index (χ4n) is 5.52. The molecule has 0 bridgehead atoms. The van der Waals surface area contributed by atoms with Crippen LogP contribution in [0.25, 0.3) is 0 Å². The molecule has 0 unspecified atom stereocenters. The zero-order chi connectivity index (χ0) is 28.7. The van der Waals surface area contributed by atoms with E-state index < -0.39 is 11.6 Å². The molecule has 1 amide bonds. The van der Waals surface area contributed by atoms with Gasteiger partial charge in [0.25, 0.3) is 5.91 Å². The summed E-state index contributed by atoms with van der Waals surface area (Å²) in [6.07, 6.45) is 2.62. The highest BCUT2D eigenvalue weighted by molar-refractivity contribution is 6.01. The van der Waals surface area contributed by atoms with Gasteiger partial charge in [0.05, 0.1) is 19.8 Å². The molecule has 0 radical (unpaired) electrons. The van der Waals surface area contributed by atoms with Gasteiger partial charge in [0, 0.05) is 31.1 Å². The zero-order valence-electron chi connectivity index (χ0n) is 23.4. The fourth-order valence-corrected chi connectivity index (χ4v) is 5.52. The van der Waals surface area contributed by atoms with Gasteiger partial charge >= 0.3 is 0 Å². The lowest BCUT2D eigenvalue weighted by molar-refractivity contribution is -0.130. The lowest BCUT2D eigenvalue weighted by atomic mass is 9.81. The summed E-state index contributed by atoms with van der Waals surface area (Å²) in [7, 11) is 1.61. The number of amides is 1. The van der Waals surface area contributed by atoms with Crippen LogP contribution in [0.1, 0.15) is 54.9 Å². The predicted octanol–water partition coefficient (Wildman–Crippen LogP) is 4.38. The number of nitrogens with zero attached hydrogens (tertiary/aromatic N) is 1. The van der Waals surface area contributed by atoms with Crippen molar-refractivity contribution in [3.8, 4) is 11.5 Å². The number of aliphatic hydroxyl groups is 2. The smallest absolute Gasteiger partial charge is 0.252 e. The Balaban J connectivity index is 1.54. The van der Waals surface area contributed by atoms with Gasteiger partial charge in [0.1, 0.15) is 11.5 Å². The van der Waals surface area contributed by atoms with Gasteiger partial charge in [-0.05, 0) is 73.2 Å². The molecule has 2 aliphatic rings. The number of aliphatic hydroxyl groups excluding tert-OH is 2. The Morgan fingerprint density at radius 1 is 1.00 bits per heavy atom. The van der Waals surface area contributed by atoms with Crippen LogP contribution in [0.5, 0.6) is 11.5 Å². The molecule has 1 aliphatic carbocycles. The third-order valence-electron chi connectivity index (χ3n) is 7.77. The SMILES string of the molecule is COc1cccc([C@H]2OC(c3ccc(OCCCO)cc3)=N[C@@]2(Cc2ccccc2)C(=O)NC2CCC(O)CC2)c1. The summed E-state index contributed by atoms with van der Waals surface area (Å²) in [5.74, 6) is 1.52. The summed E-state index contributed by atoms with van der Waals surface area (Å²) in [6, 6.07) is 24.8. The Bertz CT molecular complexity index is 1320. The molecular formula is C33H38N2O6. The van der Waals surface area contributed by atoms with Crippen LogP contribution in [0.15, 0.2) is 83.9 Å². The van der Waals surface area contributed by atoms with Gasteiger partial charge < -0.3 is 29.7 Å². The average molecular weight is 559 g/mol. The van der Waals surface area contributed by atoms with Gasteiger partial charge in [-0.1, -0.05) is 42.5 Å². The van der Waals surface area contributed by atoms with Crippen molar-refractivity contribution in [2.75, 3.05) is 20.3 Å². The van der Waals surface area contributed by atoms with E-state index in [-0.39, 0.29) is 24.7 Å². The van der Waals surface area contributed by atoms with Crippen LogP contribution in [0.3, 0.4) is 0 Å². The van der Waals surface area contributed by atoms with Crippen molar-refractivity contribution in [3.05, 3.63) is 95.6 Å². The lowest BCUT2D eigenvalue weighted by Gasteiger charge is -2.34. The second-order valence-electron chi connectivity index (χ2n) is 10.7. The summed E-state index contributed by atoms with van der Waals surface area (Å²) in [6.45, 7) is 0.491. The zero-order valence-corrected chi connectivity index (χ0v) is 23.4. The maximum Gasteiger partial charge on any atom is 0.252 e. The van der Waals surface area contributed by atoms with E-state index in [1.165, 1.54) is 0 Å². The third kappa shape index (κ3) is 6.72. The van der Waals surface area contributed by atoms with Gasteiger partial charge in [-0.25, -0.2) is 4.99 Å². The molecule has 41 heavy (non-hydrogen) atoms. The first kappa shape index (κ1) is 28.6. The van der Waals surface area contributed by atoms with E-state index in [2.05, 4.69) is 5.32 Å². The maximum atomic E-state index is 14.4. The van der Waals surface area contributed by atoms with Gasteiger partial charge in [-0.2, -0.15) is 0 Å². The van der Waals surface area contributed by atoms with Crippen LogP contribution in [0.4, 0.5) is 0 Å². The minimum absolute atomic E-state index is 0.0425. The molecule has 1 heterocycles. The van der Waals surface area contributed by atoms with Crippen LogP contribution in [0.2, 0.25) is 0 Å². The van der Waals surface area contributed by atoms with Crippen molar-refractivity contribution in [1.29, 1.82) is 0 Å². The van der Waals surface area contributed by atoms with Crippen LogP contribution >= 0.6 is 0 Å². The number of methoxy groups -OCH3 is 1. The summed E-state index contributed by atoms with van der Waals surface area (Å²) in [4.78, 5) is 19.5. The number of ether oxygens (including phenoxy) is 3. The number of rotatable bonds is 11. The highest BCUT2D eigenvalue weighted by Crippen LogP contribution is 2.43. The summed E-state index contributed by atoms with van der Waals surface area (Å²) >= 11 is 0. The van der Waals surface area contributed by atoms with E-state index in [1.807, 2.05) is 78.9 Å². The molecule has 3 N–H and O–H groups in total. The predicted molar refractivity (Wildman–Crippen MR) is 156 cm³/mol. The van der Waals surface area contributed by atoms with Crippen molar-refractivity contribution in [2.45, 2.75) is 62.3 Å². The number of nitrogens with one attached hydrogen (secondary N) is 1. The lowest BCUT2D eigenvalue weighted by Crippen LogP contribution is -2.53. The van der Waals surface area contributed by atoms with Crippen molar-refractivity contribution >= 4 is 11.8 Å². The van der Waals surface area contributed by atoms with Gasteiger partial charge in [-0.15, -0.1) is 0 Å². The van der Waals surface area contributed by atoms with E-state index in [4.69, 9.17) is 24.3 Å². The molecule has 0 aromatic heterocycles. The molecular weight excluding hydrogens is 520 g/mol. The highest BCUT2D eigenvalue weighted by Gasteiger charge is 2.53. The molecule has 3 aromatic rings. The van der Waals surface area contributed by atoms with Crippen LogP contribution < -0.4 is 14.8 Å². The Hall–Kier alpha value is -3.88. The molecule has 3 aromatic carbocycles. The monoisotopic (exact) mass is 558 g/mol. The van der Waals surface area contributed by atoms with Gasteiger partial charge in [0.15, 0.2) is 11.6 Å². The first-order valence-corrected chi connectivity index (χ1v) is 14.3. The largest absolute Gasteiger partial charge is 0.497 e.